The fourth-order valence-corrected chi connectivity index (χ4v) is 3.11. The van der Waals surface area contributed by atoms with Crippen LogP contribution >= 0.6 is 0 Å². The van der Waals surface area contributed by atoms with Crippen LogP contribution in [0.4, 0.5) is 0 Å². The van der Waals surface area contributed by atoms with E-state index in [4.69, 9.17) is 9.47 Å². The third-order valence-corrected chi connectivity index (χ3v) is 4.28. The number of hydrogen-bond donors (Lipinski definition) is 0. The summed E-state index contributed by atoms with van der Waals surface area (Å²) in [5, 5.41) is 1.44. The van der Waals surface area contributed by atoms with E-state index in [1.165, 1.54) is 0 Å². The number of fused-ring (bicyclic) bond motifs is 2. The number of aldehydes is 1. The Labute approximate surface area is 143 Å². The van der Waals surface area contributed by atoms with Gasteiger partial charge in [-0.15, -0.1) is 6.58 Å². The van der Waals surface area contributed by atoms with Crippen molar-refractivity contribution in [1.29, 1.82) is 0 Å². The van der Waals surface area contributed by atoms with Crippen LogP contribution in [0.3, 0.4) is 0 Å². The van der Waals surface area contributed by atoms with Gasteiger partial charge in [0.15, 0.2) is 17.8 Å². The minimum Gasteiger partial charge on any atom is -0.454 e. The van der Waals surface area contributed by atoms with Crippen LogP contribution < -0.4 is 15.0 Å². The number of allylic oxidation sites excluding steroid dienone is 1. The summed E-state index contributed by atoms with van der Waals surface area (Å²) >= 11 is 0. The topological polar surface area (TPSA) is 57.5 Å². The van der Waals surface area contributed by atoms with Gasteiger partial charge in [0, 0.05) is 23.1 Å². The van der Waals surface area contributed by atoms with Gasteiger partial charge in [-0.2, -0.15) is 0 Å². The summed E-state index contributed by atoms with van der Waals surface area (Å²) in [6.07, 6.45) is 2.42. The highest BCUT2D eigenvalue weighted by Gasteiger charge is 2.20. The zero-order chi connectivity index (χ0) is 17.4. The van der Waals surface area contributed by atoms with E-state index in [1.807, 2.05) is 24.3 Å². The molecule has 4 rings (SSSR count). The molecule has 5 nitrogen and oxygen atoms in total. The van der Waals surface area contributed by atoms with Crippen molar-refractivity contribution in [2.75, 3.05) is 6.79 Å². The summed E-state index contributed by atoms with van der Waals surface area (Å²) in [4.78, 5) is 24.5. The largest absolute Gasteiger partial charge is 0.454 e. The molecule has 0 N–H and O–H groups in total. The molecule has 0 fully saturated rings. The molecule has 3 aromatic rings. The molecule has 0 atom stereocenters. The van der Waals surface area contributed by atoms with Gasteiger partial charge >= 0.3 is 0 Å². The van der Waals surface area contributed by atoms with Gasteiger partial charge in [-0.05, 0) is 29.7 Å². The summed E-state index contributed by atoms with van der Waals surface area (Å²) in [5.41, 5.74) is 1.59. The number of aromatic nitrogens is 1. The molecule has 1 aliphatic rings. The first-order valence-electron chi connectivity index (χ1n) is 7.85. The van der Waals surface area contributed by atoms with E-state index in [9.17, 15) is 9.59 Å². The minimum absolute atomic E-state index is 0.119. The van der Waals surface area contributed by atoms with Crippen molar-refractivity contribution in [1.82, 2.24) is 4.57 Å². The number of pyridine rings is 1. The maximum Gasteiger partial charge on any atom is 0.259 e. The van der Waals surface area contributed by atoms with Crippen molar-refractivity contribution in [3.05, 3.63) is 71.0 Å². The Morgan fingerprint density at radius 3 is 2.64 bits per heavy atom. The number of carbonyl (C=O) groups is 1. The average Bonchev–Trinajstić information content (AvgIpc) is 3.10. The van der Waals surface area contributed by atoms with Gasteiger partial charge in [0.2, 0.25) is 6.79 Å². The van der Waals surface area contributed by atoms with Gasteiger partial charge in [0.1, 0.15) is 0 Å². The molecule has 0 amide bonds. The van der Waals surface area contributed by atoms with E-state index in [1.54, 1.807) is 28.8 Å². The van der Waals surface area contributed by atoms with Crippen molar-refractivity contribution in [3.63, 3.8) is 0 Å². The van der Waals surface area contributed by atoms with Gasteiger partial charge < -0.3 is 14.0 Å². The maximum absolute atomic E-state index is 12.9. The van der Waals surface area contributed by atoms with E-state index in [0.717, 1.165) is 11.7 Å². The van der Waals surface area contributed by atoms with Gasteiger partial charge in [-0.1, -0.05) is 24.3 Å². The molecule has 0 aliphatic carbocycles. The van der Waals surface area contributed by atoms with Crippen molar-refractivity contribution in [3.8, 4) is 22.8 Å². The van der Waals surface area contributed by atoms with E-state index in [-0.39, 0.29) is 12.4 Å². The van der Waals surface area contributed by atoms with Crippen LogP contribution in [0.15, 0.2) is 59.9 Å². The molecule has 0 saturated carbocycles. The smallest absolute Gasteiger partial charge is 0.259 e. The Bertz CT molecular complexity index is 1070. The monoisotopic (exact) mass is 333 g/mol. The van der Waals surface area contributed by atoms with Gasteiger partial charge in [-0.25, -0.2) is 0 Å². The zero-order valence-electron chi connectivity index (χ0n) is 13.4. The molecular weight excluding hydrogens is 318 g/mol. The lowest BCUT2D eigenvalue weighted by atomic mass is 10.0. The lowest BCUT2D eigenvalue weighted by Crippen LogP contribution is -2.21. The third-order valence-electron chi connectivity index (χ3n) is 4.28. The Morgan fingerprint density at radius 2 is 1.88 bits per heavy atom. The van der Waals surface area contributed by atoms with Crippen molar-refractivity contribution in [2.24, 2.45) is 0 Å². The number of nitrogens with zero attached hydrogens (tertiary/aromatic N) is 1. The Morgan fingerprint density at radius 1 is 1.12 bits per heavy atom. The zero-order valence-corrected chi connectivity index (χ0v) is 13.4. The summed E-state index contributed by atoms with van der Waals surface area (Å²) in [6, 6.07) is 12.7. The van der Waals surface area contributed by atoms with Crippen LogP contribution in [0, 0.1) is 0 Å². The van der Waals surface area contributed by atoms with Crippen molar-refractivity contribution >= 4 is 17.1 Å². The molecule has 2 heterocycles. The molecule has 124 valence electrons. The summed E-state index contributed by atoms with van der Waals surface area (Å²) in [6.45, 7) is 4.20. The summed E-state index contributed by atoms with van der Waals surface area (Å²) < 4.78 is 12.4. The highest BCUT2D eigenvalue weighted by atomic mass is 16.7. The lowest BCUT2D eigenvalue weighted by Gasteiger charge is -2.15. The van der Waals surface area contributed by atoms with Crippen LogP contribution in [-0.2, 0) is 6.54 Å². The second-order valence-electron chi connectivity index (χ2n) is 5.73. The molecule has 5 heteroatoms. The minimum atomic E-state index is -0.123. The first-order chi connectivity index (χ1) is 12.2. The van der Waals surface area contributed by atoms with Crippen LogP contribution in [0.25, 0.3) is 22.0 Å². The summed E-state index contributed by atoms with van der Waals surface area (Å²) in [7, 11) is 0. The predicted molar refractivity (Wildman–Crippen MR) is 95.4 cm³/mol. The van der Waals surface area contributed by atoms with Gasteiger partial charge in [-0.3, -0.25) is 9.59 Å². The molecule has 1 aromatic heterocycles. The van der Waals surface area contributed by atoms with Gasteiger partial charge in [0.05, 0.1) is 5.69 Å². The number of rotatable bonds is 4. The van der Waals surface area contributed by atoms with Crippen LogP contribution in [-0.4, -0.2) is 17.6 Å². The predicted octanol–water partition coefficient (Wildman–Crippen LogP) is 3.40. The Hall–Kier alpha value is -3.34. The lowest BCUT2D eigenvalue weighted by molar-refractivity contribution is 0.112. The first kappa shape index (κ1) is 15.2. The number of hydrogen-bond acceptors (Lipinski definition) is 4. The fraction of sp³-hybridized carbons (Fsp3) is 0.100. The molecule has 0 spiro atoms. The second-order valence-corrected chi connectivity index (χ2v) is 5.73. The fourth-order valence-electron chi connectivity index (χ4n) is 3.11. The first-order valence-corrected chi connectivity index (χ1v) is 7.85. The van der Waals surface area contributed by atoms with E-state index in [0.29, 0.717) is 40.3 Å². The molecule has 0 bridgehead atoms. The normalized spacial score (nSPS) is 12.3. The van der Waals surface area contributed by atoms with Gasteiger partial charge in [0.25, 0.3) is 5.56 Å². The molecular formula is C20H15NO4. The van der Waals surface area contributed by atoms with Crippen LogP contribution in [0.5, 0.6) is 11.5 Å². The average molecular weight is 333 g/mol. The highest BCUT2D eigenvalue weighted by Crippen LogP contribution is 2.38. The summed E-state index contributed by atoms with van der Waals surface area (Å²) in [5.74, 6) is 1.09. The van der Waals surface area contributed by atoms with E-state index >= 15 is 0 Å². The number of ether oxygens (including phenoxy) is 2. The van der Waals surface area contributed by atoms with E-state index in [2.05, 4.69) is 6.58 Å². The standard InChI is InChI=1S/C20H15NO4/c1-2-7-21-17(8-13-5-3-4-6-15(13)20(21)23)16-10-19-18(24-12-25-19)9-14(16)11-22/h2-6,8-11H,1,7,12H2. The molecule has 1 aliphatic heterocycles. The maximum atomic E-state index is 12.9. The highest BCUT2D eigenvalue weighted by molar-refractivity contribution is 5.92. The Balaban J connectivity index is 2.07. The number of benzene rings is 2. The molecule has 0 saturated heterocycles. The Kier molecular flexibility index (Phi) is 3.61. The van der Waals surface area contributed by atoms with E-state index < -0.39 is 0 Å². The second kappa shape index (κ2) is 5.94. The van der Waals surface area contributed by atoms with Crippen LogP contribution in [0.2, 0.25) is 0 Å². The molecule has 0 radical (unpaired) electrons. The molecule has 25 heavy (non-hydrogen) atoms. The van der Waals surface area contributed by atoms with Crippen molar-refractivity contribution in [2.45, 2.75) is 6.54 Å². The van der Waals surface area contributed by atoms with Crippen LogP contribution in [0.1, 0.15) is 10.4 Å². The molecule has 0 unspecified atom stereocenters. The third kappa shape index (κ3) is 2.41. The van der Waals surface area contributed by atoms with Crippen molar-refractivity contribution < 1.29 is 14.3 Å². The molecule has 2 aromatic carbocycles. The number of carbonyl (C=O) groups excluding carboxylic acids is 1. The SMILES string of the molecule is C=CCn1c(-c2cc3c(cc2C=O)OCO3)cc2ccccc2c1=O. The quantitative estimate of drug-likeness (QED) is 0.542.